The van der Waals surface area contributed by atoms with Crippen LogP contribution in [0.5, 0.6) is 5.75 Å². The molecule has 0 bridgehead atoms. The predicted octanol–water partition coefficient (Wildman–Crippen LogP) is 1.84. The van der Waals surface area contributed by atoms with Gasteiger partial charge in [-0.3, -0.25) is 10.1 Å². The summed E-state index contributed by atoms with van der Waals surface area (Å²) in [4.78, 5) is 10.6. The minimum absolute atomic E-state index is 0.0931. The number of ether oxygens (including phenoxy) is 1. The molecular weight excluding hydrogens is 284 g/mol. The third kappa shape index (κ3) is 5.04. The first kappa shape index (κ1) is 16.2. The summed E-state index contributed by atoms with van der Waals surface area (Å²) in [6, 6.07) is 4.68. The van der Waals surface area contributed by atoms with E-state index in [0.29, 0.717) is 6.61 Å². The summed E-state index contributed by atoms with van der Waals surface area (Å²) in [5.74, 6) is 0.0886. The zero-order valence-electron chi connectivity index (χ0n) is 11.5. The molecule has 0 aliphatic carbocycles. The molecule has 0 aliphatic rings. The number of nitro groups is 1. The van der Waals surface area contributed by atoms with E-state index in [9.17, 15) is 18.5 Å². The van der Waals surface area contributed by atoms with Crippen molar-refractivity contribution in [1.29, 1.82) is 0 Å². The minimum Gasteiger partial charge on any atom is -0.487 e. The molecule has 0 aliphatic heterocycles. The maximum atomic E-state index is 11.1. The van der Waals surface area contributed by atoms with Gasteiger partial charge in [0, 0.05) is 12.8 Å². The van der Waals surface area contributed by atoms with Crippen molar-refractivity contribution in [3.63, 3.8) is 0 Å². The maximum Gasteiger partial charge on any atom is 0.333 e. The largest absolute Gasteiger partial charge is 0.487 e. The van der Waals surface area contributed by atoms with E-state index in [1.54, 1.807) is 6.07 Å². The summed E-state index contributed by atoms with van der Waals surface area (Å²) in [6.07, 6.45) is 1.85. The summed E-state index contributed by atoms with van der Waals surface area (Å²) in [7, 11) is -3.12. The van der Waals surface area contributed by atoms with Crippen LogP contribution in [0.15, 0.2) is 18.2 Å². The number of rotatable bonds is 8. The number of anilines is 1. The highest BCUT2D eigenvalue weighted by Gasteiger charge is 2.20. The molecule has 0 atom stereocenters. The van der Waals surface area contributed by atoms with Crippen LogP contribution < -0.4 is 10.1 Å². The van der Waals surface area contributed by atoms with E-state index in [2.05, 4.69) is 5.32 Å². The molecule has 1 N–H and O–H groups in total. The highest BCUT2D eigenvalue weighted by atomic mass is 32.2. The Morgan fingerprint density at radius 3 is 2.65 bits per heavy atom. The molecule has 20 heavy (non-hydrogen) atoms. The van der Waals surface area contributed by atoms with Gasteiger partial charge in [0.25, 0.3) is 0 Å². The lowest BCUT2D eigenvalue weighted by atomic mass is 10.2. The standard InChI is InChI=1S/C12H18N2O5S/c1-3-8-19-11-6-4-5-10(12(11)14(15)16)13-7-9-20(2,17)18/h4-6,13H,3,7-9H2,1-2H3. The van der Waals surface area contributed by atoms with Crippen molar-refractivity contribution >= 4 is 21.2 Å². The second-order valence-corrected chi connectivity index (χ2v) is 6.57. The molecule has 7 nitrogen and oxygen atoms in total. The number of para-hydroxylation sites is 1. The number of hydrogen-bond donors (Lipinski definition) is 1. The van der Waals surface area contributed by atoms with Crippen LogP contribution in [0.3, 0.4) is 0 Å². The summed E-state index contributed by atoms with van der Waals surface area (Å²) >= 11 is 0. The maximum absolute atomic E-state index is 11.1. The SMILES string of the molecule is CCCOc1cccc(NCCS(C)(=O)=O)c1[N+](=O)[O-]. The Kier molecular flexibility index (Phi) is 5.75. The van der Waals surface area contributed by atoms with Gasteiger partial charge in [-0.05, 0) is 18.6 Å². The molecule has 0 radical (unpaired) electrons. The molecule has 0 saturated carbocycles. The third-order valence-corrected chi connectivity index (χ3v) is 3.38. The number of nitro benzene ring substituents is 1. The van der Waals surface area contributed by atoms with Gasteiger partial charge in [-0.2, -0.15) is 0 Å². The van der Waals surface area contributed by atoms with Crippen LogP contribution in [-0.4, -0.2) is 38.5 Å². The van der Waals surface area contributed by atoms with Crippen LogP contribution >= 0.6 is 0 Å². The molecule has 0 amide bonds. The Bertz CT molecular complexity index is 571. The van der Waals surface area contributed by atoms with Gasteiger partial charge < -0.3 is 10.1 Å². The van der Waals surface area contributed by atoms with Gasteiger partial charge in [0.2, 0.25) is 0 Å². The van der Waals surface area contributed by atoms with Crippen molar-refractivity contribution in [2.24, 2.45) is 0 Å². The third-order valence-electron chi connectivity index (χ3n) is 2.43. The molecule has 0 unspecified atom stereocenters. The van der Waals surface area contributed by atoms with Crippen LogP contribution in [0.1, 0.15) is 13.3 Å². The first-order valence-corrected chi connectivity index (χ1v) is 8.23. The van der Waals surface area contributed by atoms with Gasteiger partial charge in [0.1, 0.15) is 15.5 Å². The van der Waals surface area contributed by atoms with E-state index in [4.69, 9.17) is 4.74 Å². The predicted molar refractivity (Wildman–Crippen MR) is 77.1 cm³/mol. The number of hydrogen-bond acceptors (Lipinski definition) is 6. The lowest BCUT2D eigenvalue weighted by Crippen LogP contribution is -2.15. The van der Waals surface area contributed by atoms with Crippen molar-refractivity contribution < 1.29 is 18.1 Å². The fourth-order valence-electron chi connectivity index (χ4n) is 1.55. The van der Waals surface area contributed by atoms with E-state index in [-0.39, 0.29) is 29.4 Å². The lowest BCUT2D eigenvalue weighted by Gasteiger charge is -2.10. The minimum atomic E-state index is -3.12. The lowest BCUT2D eigenvalue weighted by molar-refractivity contribution is -0.385. The summed E-state index contributed by atoms with van der Waals surface area (Å²) in [6.45, 7) is 2.39. The smallest absolute Gasteiger partial charge is 0.333 e. The van der Waals surface area contributed by atoms with Crippen LogP contribution in [0.4, 0.5) is 11.4 Å². The van der Waals surface area contributed by atoms with Crippen molar-refractivity contribution in [2.75, 3.05) is 30.5 Å². The summed E-state index contributed by atoms with van der Waals surface area (Å²) < 4.78 is 27.4. The molecule has 1 aromatic rings. The van der Waals surface area contributed by atoms with Gasteiger partial charge in [-0.25, -0.2) is 8.42 Å². The molecular formula is C12H18N2O5S. The zero-order chi connectivity index (χ0) is 15.2. The van der Waals surface area contributed by atoms with E-state index < -0.39 is 14.8 Å². The van der Waals surface area contributed by atoms with Gasteiger partial charge in [0.05, 0.1) is 17.3 Å². The molecule has 0 aromatic heterocycles. The Labute approximate surface area is 118 Å². The van der Waals surface area contributed by atoms with Crippen LogP contribution in [0.2, 0.25) is 0 Å². The molecule has 0 heterocycles. The zero-order valence-corrected chi connectivity index (χ0v) is 12.3. The first-order chi connectivity index (χ1) is 9.35. The normalized spacial score (nSPS) is 11.1. The fourth-order valence-corrected chi connectivity index (χ4v) is 2.03. The summed E-state index contributed by atoms with van der Waals surface area (Å²) in [5.41, 5.74) is 0.0849. The molecule has 0 spiro atoms. The Balaban J connectivity index is 2.91. The fraction of sp³-hybridized carbons (Fsp3) is 0.500. The first-order valence-electron chi connectivity index (χ1n) is 6.17. The monoisotopic (exact) mass is 302 g/mol. The highest BCUT2D eigenvalue weighted by molar-refractivity contribution is 7.90. The highest BCUT2D eigenvalue weighted by Crippen LogP contribution is 2.34. The van der Waals surface area contributed by atoms with Crippen LogP contribution in [0, 0.1) is 10.1 Å². The number of nitrogens with zero attached hydrogens (tertiary/aromatic N) is 1. The Morgan fingerprint density at radius 2 is 2.10 bits per heavy atom. The topological polar surface area (TPSA) is 98.5 Å². The second-order valence-electron chi connectivity index (χ2n) is 4.31. The van der Waals surface area contributed by atoms with Crippen molar-refractivity contribution in [2.45, 2.75) is 13.3 Å². The van der Waals surface area contributed by atoms with Crippen LogP contribution in [0.25, 0.3) is 0 Å². The second kappa shape index (κ2) is 7.09. The van der Waals surface area contributed by atoms with Crippen molar-refractivity contribution in [1.82, 2.24) is 0 Å². The van der Waals surface area contributed by atoms with Crippen LogP contribution in [-0.2, 0) is 9.84 Å². The molecule has 8 heteroatoms. The molecule has 1 aromatic carbocycles. The van der Waals surface area contributed by atoms with Crippen molar-refractivity contribution in [3.8, 4) is 5.75 Å². The number of sulfone groups is 1. The van der Waals surface area contributed by atoms with E-state index >= 15 is 0 Å². The average molecular weight is 302 g/mol. The van der Waals surface area contributed by atoms with Gasteiger partial charge >= 0.3 is 5.69 Å². The molecule has 0 saturated heterocycles. The van der Waals surface area contributed by atoms with E-state index in [0.717, 1.165) is 12.7 Å². The van der Waals surface area contributed by atoms with E-state index in [1.807, 2.05) is 6.92 Å². The van der Waals surface area contributed by atoms with Gasteiger partial charge in [-0.15, -0.1) is 0 Å². The molecule has 112 valence electrons. The van der Waals surface area contributed by atoms with Gasteiger partial charge in [-0.1, -0.05) is 13.0 Å². The van der Waals surface area contributed by atoms with Crippen molar-refractivity contribution in [3.05, 3.63) is 28.3 Å². The average Bonchev–Trinajstić information content (AvgIpc) is 2.34. The summed E-state index contributed by atoms with van der Waals surface area (Å²) in [5, 5.41) is 13.9. The Hall–Kier alpha value is -1.83. The van der Waals surface area contributed by atoms with Gasteiger partial charge in [0.15, 0.2) is 5.75 Å². The number of benzene rings is 1. The van der Waals surface area contributed by atoms with E-state index in [1.165, 1.54) is 12.1 Å². The quantitative estimate of drug-likeness (QED) is 0.581. The number of nitrogens with one attached hydrogen (secondary N) is 1. The molecule has 0 fully saturated rings. The molecule has 1 rings (SSSR count). The Morgan fingerprint density at radius 1 is 1.40 bits per heavy atom.